The summed E-state index contributed by atoms with van der Waals surface area (Å²) in [6.07, 6.45) is -0.0971. The van der Waals surface area contributed by atoms with E-state index in [9.17, 15) is 5.11 Å². The molecule has 5 heteroatoms. The highest BCUT2D eigenvalue weighted by Crippen LogP contribution is 2.48. The first kappa shape index (κ1) is 14.7. The van der Waals surface area contributed by atoms with Gasteiger partial charge in [0.15, 0.2) is 11.5 Å². The molecule has 1 aliphatic rings. The first-order chi connectivity index (χ1) is 10.0. The summed E-state index contributed by atoms with van der Waals surface area (Å²) in [5, 5.41) is 9.92. The zero-order chi connectivity index (χ0) is 15.1. The van der Waals surface area contributed by atoms with Gasteiger partial charge in [-0.3, -0.25) is 0 Å². The van der Waals surface area contributed by atoms with Crippen molar-refractivity contribution in [1.82, 2.24) is 0 Å². The number of hydrogen-bond acceptors (Lipinski definition) is 3. The van der Waals surface area contributed by atoms with Gasteiger partial charge in [0.25, 0.3) is 0 Å². The summed E-state index contributed by atoms with van der Waals surface area (Å²) in [5.74, 6) is 1.66. The molecule has 0 aliphatic carbocycles. The number of hydrogen-bond donors (Lipinski definition) is 1. The molecule has 110 valence electrons. The molecular formula is C16H14Br2O3. The van der Waals surface area contributed by atoms with Crippen LogP contribution in [0.15, 0.2) is 39.3 Å². The highest BCUT2D eigenvalue weighted by Gasteiger charge is 2.33. The predicted molar refractivity (Wildman–Crippen MR) is 88.3 cm³/mol. The van der Waals surface area contributed by atoms with E-state index in [1.165, 1.54) is 12.7 Å². The lowest BCUT2D eigenvalue weighted by Crippen LogP contribution is -2.07. The van der Waals surface area contributed by atoms with Gasteiger partial charge in [-0.2, -0.15) is 0 Å². The molecule has 3 rings (SSSR count). The summed E-state index contributed by atoms with van der Waals surface area (Å²) >= 11 is 6.85. The van der Waals surface area contributed by atoms with Crippen LogP contribution >= 0.6 is 31.9 Å². The fraction of sp³-hybridized carbons (Fsp3) is 0.250. The second-order valence-corrected chi connectivity index (χ2v) is 6.83. The van der Waals surface area contributed by atoms with Crippen LogP contribution in [0.5, 0.6) is 17.2 Å². The van der Waals surface area contributed by atoms with Crippen LogP contribution in [0.3, 0.4) is 0 Å². The van der Waals surface area contributed by atoms with Gasteiger partial charge in [0.1, 0.15) is 11.9 Å². The highest BCUT2D eigenvalue weighted by atomic mass is 79.9. The molecule has 1 aliphatic heterocycles. The number of phenols is 1. The smallest absolute Gasteiger partial charge is 0.172 e. The molecule has 0 fully saturated rings. The summed E-state index contributed by atoms with van der Waals surface area (Å²) in [7, 11) is 1.54. The summed E-state index contributed by atoms with van der Waals surface area (Å²) in [6.45, 7) is 2.14. The average Bonchev–Trinajstić information content (AvgIpc) is 2.79. The lowest BCUT2D eigenvalue weighted by atomic mass is 9.93. The van der Waals surface area contributed by atoms with E-state index in [1.54, 1.807) is 0 Å². The van der Waals surface area contributed by atoms with E-state index < -0.39 is 0 Å². The van der Waals surface area contributed by atoms with Crippen LogP contribution in [0.2, 0.25) is 0 Å². The quantitative estimate of drug-likeness (QED) is 0.738. The molecule has 0 bridgehead atoms. The zero-order valence-electron chi connectivity index (χ0n) is 11.6. The summed E-state index contributed by atoms with van der Waals surface area (Å²) in [5.41, 5.74) is 2.15. The fourth-order valence-electron chi connectivity index (χ4n) is 2.65. The van der Waals surface area contributed by atoms with E-state index in [0.29, 0.717) is 10.2 Å². The molecule has 0 unspecified atom stereocenters. The first-order valence-corrected chi connectivity index (χ1v) is 8.12. The van der Waals surface area contributed by atoms with Gasteiger partial charge in [0.05, 0.1) is 11.6 Å². The van der Waals surface area contributed by atoms with Crippen molar-refractivity contribution in [2.45, 2.75) is 18.9 Å². The monoisotopic (exact) mass is 412 g/mol. The minimum absolute atomic E-state index is 0.0971. The molecule has 1 heterocycles. The number of phenolic OH excluding ortho intramolecular Hbond substituents is 1. The maximum atomic E-state index is 9.92. The van der Waals surface area contributed by atoms with Crippen molar-refractivity contribution in [3.05, 3.63) is 50.4 Å². The number of ether oxygens (including phenoxy) is 2. The maximum Gasteiger partial charge on any atom is 0.172 e. The highest BCUT2D eigenvalue weighted by molar-refractivity contribution is 9.10. The normalized spacial score (nSPS) is 20.0. The van der Waals surface area contributed by atoms with E-state index in [-0.39, 0.29) is 17.8 Å². The van der Waals surface area contributed by atoms with Gasteiger partial charge in [-0.05, 0) is 51.8 Å². The largest absolute Gasteiger partial charge is 0.503 e. The van der Waals surface area contributed by atoms with E-state index >= 15 is 0 Å². The Bertz CT molecular complexity index is 700. The molecule has 0 spiro atoms. The number of rotatable bonds is 2. The molecule has 0 saturated carbocycles. The SMILES string of the molecule is COc1cc([C@H]2Oc3ccc(Br)cc3[C@@H]2C)cc(Br)c1O. The Hall–Kier alpha value is -1.20. The number of halogens is 2. The predicted octanol–water partition coefficient (Wildman–Crippen LogP) is 5.16. The van der Waals surface area contributed by atoms with E-state index in [4.69, 9.17) is 9.47 Å². The standard InChI is InChI=1S/C16H14Br2O3/c1-8-11-7-10(17)3-4-13(11)21-16(8)9-5-12(18)15(19)14(6-9)20-2/h3-8,16,19H,1-2H3/t8-,16-/m0/s1. The van der Waals surface area contributed by atoms with Crippen LogP contribution in [0.4, 0.5) is 0 Å². The number of benzene rings is 2. The van der Waals surface area contributed by atoms with E-state index in [2.05, 4.69) is 44.8 Å². The van der Waals surface area contributed by atoms with Crippen molar-refractivity contribution in [3.63, 3.8) is 0 Å². The van der Waals surface area contributed by atoms with E-state index in [0.717, 1.165) is 15.8 Å². The summed E-state index contributed by atoms with van der Waals surface area (Å²) in [6, 6.07) is 9.73. The van der Waals surface area contributed by atoms with Gasteiger partial charge >= 0.3 is 0 Å². The minimum atomic E-state index is -0.0971. The average molecular weight is 414 g/mol. The van der Waals surface area contributed by atoms with Gasteiger partial charge in [-0.25, -0.2) is 0 Å². The fourth-order valence-corrected chi connectivity index (χ4v) is 3.49. The van der Waals surface area contributed by atoms with Crippen molar-refractivity contribution in [3.8, 4) is 17.2 Å². The Balaban J connectivity index is 2.02. The molecule has 0 saturated heterocycles. The Morgan fingerprint density at radius 1 is 1.19 bits per heavy atom. The van der Waals surface area contributed by atoms with Crippen molar-refractivity contribution >= 4 is 31.9 Å². The Morgan fingerprint density at radius 3 is 2.67 bits per heavy atom. The number of methoxy groups -OCH3 is 1. The topological polar surface area (TPSA) is 38.7 Å². The molecule has 0 radical (unpaired) electrons. The van der Waals surface area contributed by atoms with Crippen LogP contribution in [-0.4, -0.2) is 12.2 Å². The Kier molecular flexibility index (Phi) is 3.88. The molecular weight excluding hydrogens is 400 g/mol. The molecule has 2 aromatic rings. The molecule has 3 nitrogen and oxygen atoms in total. The third-order valence-corrected chi connectivity index (χ3v) is 4.87. The van der Waals surface area contributed by atoms with Gasteiger partial charge in [0, 0.05) is 16.0 Å². The van der Waals surface area contributed by atoms with E-state index in [1.807, 2.05) is 24.3 Å². The number of fused-ring (bicyclic) bond motifs is 1. The van der Waals surface area contributed by atoms with Gasteiger partial charge < -0.3 is 14.6 Å². The van der Waals surface area contributed by atoms with Crippen molar-refractivity contribution in [2.75, 3.05) is 7.11 Å². The molecule has 0 aromatic heterocycles. The molecule has 2 atom stereocenters. The third-order valence-electron chi connectivity index (χ3n) is 3.77. The van der Waals surface area contributed by atoms with Crippen LogP contribution in [-0.2, 0) is 0 Å². The Labute approximate surface area is 140 Å². The molecule has 21 heavy (non-hydrogen) atoms. The van der Waals surface area contributed by atoms with Crippen LogP contribution in [0, 0.1) is 0 Å². The maximum absolute atomic E-state index is 9.92. The lowest BCUT2D eigenvalue weighted by Gasteiger charge is -2.18. The second kappa shape index (κ2) is 5.54. The van der Waals surface area contributed by atoms with Crippen LogP contribution in [0.1, 0.15) is 30.1 Å². The number of aromatic hydroxyl groups is 1. The zero-order valence-corrected chi connectivity index (χ0v) is 14.7. The molecule has 1 N–H and O–H groups in total. The van der Waals surface area contributed by atoms with Gasteiger partial charge in [0.2, 0.25) is 0 Å². The summed E-state index contributed by atoms with van der Waals surface area (Å²) in [4.78, 5) is 0. The molecule has 0 amide bonds. The van der Waals surface area contributed by atoms with Crippen LogP contribution in [0.25, 0.3) is 0 Å². The lowest BCUT2D eigenvalue weighted by molar-refractivity contribution is 0.215. The third kappa shape index (κ3) is 2.53. The second-order valence-electron chi connectivity index (χ2n) is 5.06. The summed E-state index contributed by atoms with van der Waals surface area (Å²) < 4.78 is 12.9. The Morgan fingerprint density at radius 2 is 1.95 bits per heavy atom. The minimum Gasteiger partial charge on any atom is -0.503 e. The van der Waals surface area contributed by atoms with Crippen molar-refractivity contribution < 1.29 is 14.6 Å². The van der Waals surface area contributed by atoms with Gasteiger partial charge in [-0.15, -0.1) is 0 Å². The van der Waals surface area contributed by atoms with Crippen molar-refractivity contribution in [1.29, 1.82) is 0 Å². The molecule has 2 aromatic carbocycles. The van der Waals surface area contributed by atoms with Crippen LogP contribution < -0.4 is 9.47 Å². The van der Waals surface area contributed by atoms with Crippen molar-refractivity contribution in [2.24, 2.45) is 0 Å². The first-order valence-electron chi connectivity index (χ1n) is 6.53. The van der Waals surface area contributed by atoms with Gasteiger partial charge in [-0.1, -0.05) is 22.9 Å².